The Morgan fingerprint density at radius 3 is 2.77 bits per heavy atom. The molecular weight excluding hydrogens is 439 g/mol. The highest BCUT2D eigenvalue weighted by atomic mass is 35.5. The Bertz CT molecular complexity index is 1050. The van der Waals surface area contributed by atoms with Gasteiger partial charge in [0.25, 0.3) is 0 Å². The summed E-state index contributed by atoms with van der Waals surface area (Å²) in [5.74, 6) is -0.492. The van der Waals surface area contributed by atoms with Crippen molar-refractivity contribution in [2.75, 3.05) is 18.5 Å². The third-order valence-electron chi connectivity index (χ3n) is 4.30. The molecule has 4 rings (SSSR count). The van der Waals surface area contributed by atoms with Crippen LogP contribution in [0.25, 0.3) is 10.2 Å². The summed E-state index contributed by atoms with van der Waals surface area (Å²) in [5.41, 5.74) is 0.775. The Balaban J connectivity index is 1.32. The molecule has 12 heteroatoms. The Labute approximate surface area is 178 Å². The molecule has 158 valence electrons. The number of nitrogens with one attached hydrogen (secondary N) is 1. The molecule has 2 atom stereocenters. The van der Waals surface area contributed by atoms with Crippen LogP contribution in [0.4, 0.5) is 14.9 Å². The first kappa shape index (κ1) is 20.5. The summed E-state index contributed by atoms with van der Waals surface area (Å²) in [7, 11) is 0. The number of aliphatic hydroxyl groups excluding tert-OH is 1. The number of hydrogen-bond donors (Lipinski definition) is 2. The predicted molar refractivity (Wildman–Crippen MR) is 107 cm³/mol. The molecule has 0 bridgehead atoms. The van der Waals surface area contributed by atoms with Crippen LogP contribution in [0.1, 0.15) is 12.8 Å². The van der Waals surface area contributed by atoms with Crippen molar-refractivity contribution in [1.82, 2.24) is 15.0 Å². The predicted octanol–water partition coefficient (Wildman–Crippen LogP) is 3.41. The number of fused-ring (bicyclic) bond motifs is 1. The monoisotopic (exact) mass is 454 g/mol. The van der Waals surface area contributed by atoms with Gasteiger partial charge in [0.05, 0.1) is 34.9 Å². The number of benzene rings is 1. The third kappa shape index (κ3) is 4.69. The van der Waals surface area contributed by atoms with Gasteiger partial charge in [-0.15, -0.1) is 11.3 Å². The molecule has 0 spiro atoms. The first-order valence-corrected chi connectivity index (χ1v) is 10.2. The van der Waals surface area contributed by atoms with Crippen molar-refractivity contribution < 1.29 is 28.5 Å². The first-order valence-electron chi connectivity index (χ1n) is 8.97. The van der Waals surface area contributed by atoms with E-state index in [2.05, 4.69) is 20.3 Å². The van der Waals surface area contributed by atoms with Crippen molar-refractivity contribution in [3.63, 3.8) is 0 Å². The summed E-state index contributed by atoms with van der Waals surface area (Å²) in [6, 6.07) is 2.89. The van der Waals surface area contributed by atoms with Gasteiger partial charge in [-0.1, -0.05) is 11.6 Å². The van der Waals surface area contributed by atoms with Crippen LogP contribution in [0.15, 0.2) is 24.5 Å². The van der Waals surface area contributed by atoms with Crippen molar-refractivity contribution in [2.45, 2.75) is 25.0 Å². The molecule has 3 aromatic rings. The molecule has 9 nitrogen and oxygen atoms in total. The number of nitrogens with zero attached hydrogens (tertiary/aromatic N) is 3. The van der Waals surface area contributed by atoms with Crippen LogP contribution >= 0.6 is 22.9 Å². The van der Waals surface area contributed by atoms with E-state index in [0.717, 1.165) is 0 Å². The molecule has 1 fully saturated rings. The number of ether oxygens (including phenoxy) is 3. The number of thiazole rings is 1. The van der Waals surface area contributed by atoms with Gasteiger partial charge < -0.3 is 19.3 Å². The Kier molecular flexibility index (Phi) is 6.11. The standard InChI is InChI=1S/C18H16ClFN4O5S/c19-16-24-11-5-10(20)14(6-15(11)30-16)28-12-1-2-13(12)29-18(26)23-9-7-21-17(22-8-9)27-4-3-25/h5-8,12-13,25H,1-4H2,(H,23,26)/t12-,13+/m0/s1. The summed E-state index contributed by atoms with van der Waals surface area (Å²) in [5, 5.41) is 11.2. The van der Waals surface area contributed by atoms with Crippen LogP contribution in [0.5, 0.6) is 11.8 Å². The van der Waals surface area contributed by atoms with E-state index in [9.17, 15) is 9.18 Å². The summed E-state index contributed by atoms with van der Waals surface area (Å²) < 4.78 is 31.4. The zero-order chi connectivity index (χ0) is 21.1. The SMILES string of the molecule is O=C(Nc1cnc(OCCO)nc1)O[C@@H]1CC[C@@H]1Oc1cc2sc(Cl)nc2cc1F. The summed E-state index contributed by atoms with van der Waals surface area (Å²) >= 11 is 7.09. The maximum Gasteiger partial charge on any atom is 0.412 e. The quantitative estimate of drug-likeness (QED) is 0.558. The zero-order valence-corrected chi connectivity index (χ0v) is 17.0. The number of hydrogen-bond acceptors (Lipinski definition) is 9. The fraction of sp³-hybridized carbons (Fsp3) is 0.333. The number of carbonyl (C=O) groups excluding carboxylic acids is 1. The topological polar surface area (TPSA) is 116 Å². The number of aromatic nitrogens is 3. The number of amides is 1. The second-order valence-electron chi connectivity index (χ2n) is 6.35. The minimum atomic E-state index is -0.703. The lowest BCUT2D eigenvalue weighted by atomic mass is 9.92. The van der Waals surface area contributed by atoms with Crippen molar-refractivity contribution in [2.24, 2.45) is 0 Å². The molecule has 0 unspecified atom stereocenters. The lowest BCUT2D eigenvalue weighted by molar-refractivity contribution is -0.0431. The van der Waals surface area contributed by atoms with Gasteiger partial charge in [-0.05, 0) is 12.8 Å². The number of anilines is 1. The Hall–Kier alpha value is -2.76. The van der Waals surface area contributed by atoms with E-state index >= 15 is 0 Å². The van der Waals surface area contributed by atoms with Gasteiger partial charge in [0, 0.05) is 12.1 Å². The maximum absolute atomic E-state index is 14.3. The molecule has 30 heavy (non-hydrogen) atoms. The second kappa shape index (κ2) is 8.94. The van der Waals surface area contributed by atoms with Crippen LogP contribution in [-0.2, 0) is 4.74 Å². The van der Waals surface area contributed by atoms with Crippen molar-refractivity contribution in [3.8, 4) is 11.8 Å². The maximum atomic E-state index is 14.3. The van der Waals surface area contributed by atoms with Crippen LogP contribution in [0, 0.1) is 5.82 Å². The minimum absolute atomic E-state index is 0.0633. The average Bonchev–Trinajstić information content (AvgIpc) is 3.07. The van der Waals surface area contributed by atoms with Crippen molar-refractivity contribution in [1.29, 1.82) is 0 Å². The van der Waals surface area contributed by atoms with Gasteiger partial charge in [0.15, 0.2) is 16.0 Å². The van der Waals surface area contributed by atoms with Gasteiger partial charge in [-0.2, -0.15) is 0 Å². The van der Waals surface area contributed by atoms with Gasteiger partial charge in [-0.25, -0.2) is 24.1 Å². The fourth-order valence-corrected chi connectivity index (χ4v) is 3.78. The van der Waals surface area contributed by atoms with E-state index in [0.29, 0.717) is 33.2 Å². The van der Waals surface area contributed by atoms with E-state index in [1.807, 2.05) is 0 Å². The van der Waals surface area contributed by atoms with Crippen LogP contribution in [0.2, 0.25) is 4.47 Å². The van der Waals surface area contributed by atoms with Gasteiger partial charge in [0.1, 0.15) is 18.8 Å². The van der Waals surface area contributed by atoms with Crippen molar-refractivity contribution in [3.05, 3.63) is 34.8 Å². The van der Waals surface area contributed by atoms with E-state index < -0.39 is 24.1 Å². The zero-order valence-electron chi connectivity index (χ0n) is 15.4. The second-order valence-corrected chi connectivity index (χ2v) is 7.96. The number of aliphatic hydroxyl groups is 1. The van der Waals surface area contributed by atoms with E-state index in [1.165, 1.54) is 29.8 Å². The summed E-state index contributed by atoms with van der Waals surface area (Å²) in [6.45, 7) is -0.0858. The molecule has 2 aromatic heterocycles. The average molecular weight is 455 g/mol. The molecule has 2 heterocycles. The van der Waals surface area contributed by atoms with Gasteiger partial charge in [0.2, 0.25) is 0 Å². The van der Waals surface area contributed by atoms with Gasteiger partial charge in [-0.3, -0.25) is 5.32 Å². The Morgan fingerprint density at radius 1 is 1.30 bits per heavy atom. The number of rotatable bonds is 7. The molecule has 1 aliphatic rings. The smallest absolute Gasteiger partial charge is 0.412 e. The fourth-order valence-electron chi connectivity index (χ4n) is 2.74. The Morgan fingerprint density at radius 2 is 2.07 bits per heavy atom. The molecular formula is C18H16ClFN4O5S. The summed E-state index contributed by atoms with van der Waals surface area (Å²) in [4.78, 5) is 23.9. The number of carbonyl (C=O) groups is 1. The molecule has 1 aromatic carbocycles. The van der Waals surface area contributed by atoms with Crippen LogP contribution < -0.4 is 14.8 Å². The molecule has 2 N–H and O–H groups in total. The molecule has 0 radical (unpaired) electrons. The number of halogens is 2. The molecule has 0 saturated heterocycles. The van der Waals surface area contributed by atoms with E-state index in [-0.39, 0.29) is 25.0 Å². The summed E-state index contributed by atoms with van der Waals surface area (Å²) in [6.07, 6.45) is 2.24. The van der Waals surface area contributed by atoms with Crippen LogP contribution in [0.3, 0.4) is 0 Å². The largest absolute Gasteiger partial charge is 0.483 e. The molecule has 0 aliphatic heterocycles. The molecule has 1 saturated carbocycles. The lowest BCUT2D eigenvalue weighted by Gasteiger charge is -2.35. The normalized spacial score (nSPS) is 18.0. The molecule has 1 amide bonds. The third-order valence-corrected chi connectivity index (χ3v) is 5.42. The van der Waals surface area contributed by atoms with E-state index in [4.69, 9.17) is 30.9 Å². The van der Waals surface area contributed by atoms with E-state index in [1.54, 1.807) is 6.07 Å². The minimum Gasteiger partial charge on any atom is -0.483 e. The first-order chi connectivity index (χ1) is 14.5. The highest BCUT2D eigenvalue weighted by Crippen LogP contribution is 2.34. The van der Waals surface area contributed by atoms with Crippen LogP contribution in [-0.4, -0.2) is 51.6 Å². The highest BCUT2D eigenvalue weighted by Gasteiger charge is 2.37. The van der Waals surface area contributed by atoms with Gasteiger partial charge >= 0.3 is 12.1 Å². The molecule has 1 aliphatic carbocycles. The highest BCUT2D eigenvalue weighted by molar-refractivity contribution is 7.22. The lowest BCUT2D eigenvalue weighted by Crippen LogP contribution is -2.45. The van der Waals surface area contributed by atoms with Crippen molar-refractivity contribution >= 4 is 44.9 Å².